The van der Waals surface area contributed by atoms with Gasteiger partial charge in [-0.3, -0.25) is 14.5 Å². The van der Waals surface area contributed by atoms with E-state index >= 15 is 0 Å². The molecular formula is C23H28N4O. The van der Waals surface area contributed by atoms with Crippen molar-refractivity contribution < 1.29 is 4.79 Å². The van der Waals surface area contributed by atoms with Crippen molar-refractivity contribution >= 4 is 5.91 Å². The van der Waals surface area contributed by atoms with Crippen LogP contribution in [-0.4, -0.2) is 20.7 Å². The van der Waals surface area contributed by atoms with Gasteiger partial charge in [-0.15, -0.1) is 0 Å². The van der Waals surface area contributed by atoms with Crippen LogP contribution in [0.2, 0.25) is 0 Å². The predicted molar refractivity (Wildman–Crippen MR) is 111 cm³/mol. The average molecular weight is 377 g/mol. The number of hydrogen-bond acceptors (Lipinski definition) is 3. The Labute approximate surface area is 166 Å². The van der Waals surface area contributed by atoms with Gasteiger partial charge in [-0.25, -0.2) is 0 Å². The summed E-state index contributed by atoms with van der Waals surface area (Å²) in [6.45, 7) is 9.20. The number of benzene rings is 1. The van der Waals surface area contributed by atoms with Crippen LogP contribution in [0.15, 0.2) is 54.7 Å². The zero-order chi connectivity index (χ0) is 20.1. The van der Waals surface area contributed by atoms with Crippen LogP contribution in [0.5, 0.6) is 0 Å². The van der Waals surface area contributed by atoms with E-state index in [1.54, 1.807) is 6.20 Å². The molecule has 1 amide bonds. The van der Waals surface area contributed by atoms with Gasteiger partial charge in [0.25, 0.3) is 0 Å². The summed E-state index contributed by atoms with van der Waals surface area (Å²) in [7, 11) is 0. The van der Waals surface area contributed by atoms with Gasteiger partial charge in [0, 0.05) is 24.0 Å². The third kappa shape index (κ3) is 4.66. The van der Waals surface area contributed by atoms with E-state index in [1.165, 1.54) is 0 Å². The molecule has 2 aromatic heterocycles. The Balaban J connectivity index is 1.81. The Hall–Kier alpha value is -2.95. The van der Waals surface area contributed by atoms with Gasteiger partial charge < -0.3 is 5.32 Å². The summed E-state index contributed by atoms with van der Waals surface area (Å²) < 4.78 is 2.01. The number of aromatic nitrogens is 3. The molecule has 1 unspecified atom stereocenters. The SMILES string of the molecule is Cc1nn(CC(C)C)c(C)c1CC(=O)NC(c1ccccc1)c1ccccn1. The lowest BCUT2D eigenvalue weighted by Crippen LogP contribution is -2.31. The van der Waals surface area contributed by atoms with Gasteiger partial charge in [-0.1, -0.05) is 50.2 Å². The molecule has 0 saturated carbocycles. The first-order valence-electron chi connectivity index (χ1n) is 9.73. The third-order valence-electron chi connectivity index (χ3n) is 4.83. The maximum atomic E-state index is 12.9. The molecular weight excluding hydrogens is 348 g/mol. The number of amides is 1. The van der Waals surface area contributed by atoms with E-state index in [-0.39, 0.29) is 11.9 Å². The van der Waals surface area contributed by atoms with Crippen LogP contribution in [0, 0.1) is 19.8 Å². The molecule has 3 rings (SSSR count). The van der Waals surface area contributed by atoms with E-state index in [4.69, 9.17) is 0 Å². The Kier molecular flexibility index (Phi) is 6.24. The zero-order valence-corrected chi connectivity index (χ0v) is 17.0. The standard InChI is InChI=1S/C23H28N4O/c1-16(2)15-27-18(4)20(17(3)26-27)14-22(28)25-23(19-10-6-5-7-11-19)21-12-8-9-13-24-21/h5-13,16,23H,14-15H2,1-4H3,(H,25,28). The van der Waals surface area contributed by atoms with Crippen molar-refractivity contribution in [3.05, 3.63) is 82.9 Å². The highest BCUT2D eigenvalue weighted by atomic mass is 16.1. The molecule has 0 bridgehead atoms. The molecule has 0 aliphatic heterocycles. The zero-order valence-electron chi connectivity index (χ0n) is 17.0. The summed E-state index contributed by atoms with van der Waals surface area (Å²) in [5.74, 6) is 0.473. The summed E-state index contributed by atoms with van der Waals surface area (Å²) in [4.78, 5) is 17.4. The summed E-state index contributed by atoms with van der Waals surface area (Å²) in [5, 5.41) is 7.79. The summed E-state index contributed by atoms with van der Waals surface area (Å²) >= 11 is 0. The topological polar surface area (TPSA) is 59.8 Å². The maximum Gasteiger partial charge on any atom is 0.225 e. The highest BCUT2D eigenvalue weighted by Gasteiger charge is 2.20. The van der Waals surface area contributed by atoms with Gasteiger partial charge in [0.1, 0.15) is 0 Å². The minimum Gasteiger partial charge on any atom is -0.343 e. The Morgan fingerprint density at radius 3 is 2.43 bits per heavy atom. The fraction of sp³-hybridized carbons (Fsp3) is 0.348. The fourth-order valence-corrected chi connectivity index (χ4v) is 3.41. The minimum absolute atomic E-state index is 0.0326. The first kappa shape index (κ1) is 19.8. The van der Waals surface area contributed by atoms with Crippen molar-refractivity contribution in [3.8, 4) is 0 Å². The van der Waals surface area contributed by atoms with Gasteiger partial charge in [0.05, 0.1) is 23.9 Å². The van der Waals surface area contributed by atoms with Crippen LogP contribution in [0.3, 0.4) is 0 Å². The molecule has 3 aromatic rings. The second-order valence-corrected chi connectivity index (χ2v) is 7.57. The first-order chi connectivity index (χ1) is 13.5. The molecule has 2 heterocycles. The number of nitrogens with zero attached hydrogens (tertiary/aromatic N) is 3. The van der Waals surface area contributed by atoms with Crippen molar-refractivity contribution in [2.45, 2.75) is 46.7 Å². The highest BCUT2D eigenvalue weighted by Crippen LogP contribution is 2.21. The molecule has 1 aromatic carbocycles. The smallest absolute Gasteiger partial charge is 0.225 e. The molecule has 5 heteroatoms. The van der Waals surface area contributed by atoms with Crippen molar-refractivity contribution in [2.75, 3.05) is 0 Å². The van der Waals surface area contributed by atoms with Gasteiger partial charge >= 0.3 is 0 Å². The summed E-state index contributed by atoms with van der Waals surface area (Å²) in [5.41, 5.74) is 4.83. The lowest BCUT2D eigenvalue weighted by Gasteiger charge is -2.19. The fourth-order valence-electron chi connectivity index (χ4n) is 3.41. The molecule has 0 fully saturated rings. The van der Waals surface area contributed by atoms with E-state index in [9.17, 15) is 4.79 Å². The van der Waals surface area contributed by atoms with Crippen LogP contribution in [-0.2, 0) is 17.8 Å². The molecule has 0 spiro atoms. The molecule has 0 aliphatic carbocycles. The Morgan fingerprint density at radius 1 is 1.07 bits per heavy atom. The lowest BCUT2D eigenvalue weighted by molar-refractivity contribution is -0.121. The van der Waals surface area contributed by atoms with Crippen LogP contribution >= 0.6 is 0 Å². The average Bonchev–Trinajstić information content (AvgIpc) is 2.94. The van der Waals surface area contributed by atoms with Crippen LogP contribution in [0.1, 0.15) is 48.1 Å². The van der Waals surface area contributed by atoms with E-state index in [0.717, 1.165) is 34.8 Å². The second-order valence-electron chi connectivity index (χ2n) is 7.57. The van der Waals surface area contributed by atoms with Crippen molar-refractivity contribution in [1.82, 2.24) is 20.1 Å². The molecule has 1 atom stereocenters. The number of aryl methyl sites for hydroxylation is 1. The number of carbonyl (C=O) groups is 1. The minimum atomic E-state index is -0.277. The normalized spacial score (nSPS) is 12.2. The third-order valence-corrected chi connectivity index (χ3v) is 4.83. The Bertz CT molecular complexity index is 877. The quantitative estimate of drug-likeness (QED) is 0.678. The number of carbonyl (C=O) groups excluding carboxylic acids is 1. The van der Waals surface area contributed by atoms with Gasteiger partial charge in [0.15, 0.2) is 0 Å². The summed E-state index contributed by atoms with van der Waals surface area (Å²) in [6.07, 6.45) is 2.06. The number of nitrogens with one attached hydrogen (secondary N) is 1. The lowest BCUT2D eigenvalue weighted by atomic mass is 10.0. The van der Waals surface area contributed by atoms with Crippen molar-refractivity contribution in [1.29, 1.82) is 0 Å². The van der Waals surface area contributed by atoms with Crippen LogP contribution in [0.25, 0.3) is 0 Å². The molecule has 0 aliphatic rings. The van der Waals surface area contributed by atoms with E-state index in [1.807, 2.05) is 67.1 Å². The van der Waals surface area contributed by atoms with Crippen molar-refractivity contribution in [2.24, 2.45) is 5.92 Å². The summed E-state index contributed by atoms with van der Waals surface area (Å²) in [6, 6.07) is 15.4. The molecule has 1 N–H and O–H groups in total. The second kappa shape index (κ2) is 8.83. The number of rotatable bonds is 7. The van der Waals surface area contributed by atoms with Crippen LogP contribution in [0.4, 0.5) is 0 Å². The highest BCUT2D eigenvalue weighted by molar-refractivity contribution is 5.80. The molecule has 28 heavy (non-hydrogen) atoms. The molecule has 0 radical (unpaired) electrons. The van der Waals surface area contributed by atoms with E-state index < -0.39 is 0 Å². The van der Waals surface area contributed by atoms with E-state index in [0.29, 0.717) is 12.3 Å². The van der Waals surface area contributed by atoms with Gasteiger partial charge in [0.2, 0.25) is 5.91 Å². The maximum absolute atomic E-state index is 12.9. The Morgan fingerprint density at radius 2 is 1.79 bits per heavy atom. The van der Waals surface area contributed by atoms with E-state index in [2.05, 4.69) is 29.2 Å². The van der Waals surface area contributed by atoms with Gasteiger partial charge in [-0.2, -0.15) is 5.10 Å². The monoisotopic (exact) mass is 376 g/mol. The molecule has 5 nitrogen and oxygen atoms in total. The van der Waals surface area contributed by atoms with Crippen LogP contribution < -0.4 is 5.32 Å². The number of pyridine rings is 1. The molecule has 0 saturated heterocycles. The molecule has 146 valence electrons. The van der Waals surface area contributed by atoms with Crippen molar-refractivity contribution in [3.63, 3.8) is 0 Å². The predicted octanol–water partition coefficient (Wildman–Crippen LogP) is 4.00. The largest absolute Gasteiger partial charge is 0.343 e. The van der Waals surface area contributed by atoms with Gasteiger partial charge in [-0.05, 0) is 37.5 Å². The first-order valence-corrected chi connectivity index (χ1v) is 9.73. The number of hydrogen-bond donors (Lipinski definition) is 1.